The van der Waals surface area contributed by atoms with E-state index >= 15 is 0 Å². The predicted octanol–water partition coefficient (Wildman–Crippen LogP) is 4.80. The van der Waals surface area contributed by atoms with Crippen LogP contribution in [0.25, 0.3) is 0 Å². The van der Waals surface area contributed by atoms with Crippen molar-refractivity contribution in [1.29, 1.82) is 0 Å². The van der Waals surface area contributed by atoms with Crippen LogP contribution >= 0.6 is 11.8 Å². The van der Waals surface area contributed by atoms with Gasteiger partial charge < -0.3 is 10.1 Å². The van der Waals surface area contributed by atoms with Gasteiger partial charge in [0.25, 0.3) is 0 Å². The first-order chi connectivity index (χ1) is 10.3. The molecule has 0 amide bonds. The fraction of sp³-hybridized carbons (Fsp3) is 0.667. The molecule has 1 fully saturated rings. The van der Waals surface area contributed by atoms with Crippen molar-refractivity contribution in [2.24, 2.45) is 0 Å². The van der Waals surface area contributed by atoms with Crippen molar-refractivity contribution in [3.63, 3.8) is 0 Å². The van der Waals surface area contributed by atoms with Crippen molar-refractivity contribution in [3.8, 4) is 0 Å². The highest BCUT2D eigenvalue weighted by atomic mass is 32.2. The zero-order chi connectivity index (χ0) is 14.9. The van der Waals surface area contributed by atoms with Gasteiger partial charge in [-0.1, -0.05) is 25.1 Å². The van der Waals surface area contributed by atoms with Crippen LogP contribution in [-0.2, 0) is 4.74 Å². The van der Waals surface area contributed by atoms with Gasteiger partial charge in [0.2, 0.25) is 0 Å². The second kappa shape index (κ2) is 9.50. The molecule has 0 aliphatic carbocycles. The topological polar surface area (TPSA) is 21.3 Å². The number of hydrogen-bond acceptors (Lipinski definition) is 3. The van der Waals surface area contributed by atoms with Crippen LogP contribution in [0.4, 0.5) is 0 Å². The van der Waals surface area contributed by atoms with E-state index in [1.807, 2.05) is 11.8 Å². The molecule has 1 N–H and O–H groups in total. The molecule has 118 valence electrons. The van der Waals surface area contributed by atoms with Crippen LogP contribution in [0.5, 0.6) is 0 Å². The van der Waals surface area contributed by atoms with Gasteiger partial charge in [-0.05, 0) is 63.0 Å². The first-order valence-corrected chi connectivity index (χ1v) is 9.55. The molecule has 21 heavy (non-hydrogen) atoms. The molecular weight excluding hydrogens is 278 g/mol. The highest BCUT2D eigenvalue weighted by Crippen LogP contribution is 2.29. The summed E-state index contributed by atoms with van der Waals surface area (Å²) in [5.41, 5.74) is 1.46. The molecule has 2 atom stereocenters. The standard InChI is InChI=1S/C18H29NOS/c1-3-13-19-17(11-6-8-15-9-7-14-20-15)16-10-4-5-12-18(16)21-2/h4-5,10,12,15,17,19H,3,6-9,11,13-14H2,1-2H3. The van der Waals surface area contributed by atoms with Gasteiger partial charge in [0.15, 0.2) is 0 Å². The van der Waals surface area contributed by atoms with Crippen molar-refractivity contribution in [1.82, 2.24) is 5.32 Å². The van der Waals surface area contributed by atoms with E-state index in [0.29, 0.717) is 12.1 Å². The van der Waals surface area contributed by atoms with Gasteiger partial charge in [0.05, 0.1) is 6.10 Å². The third kappa shape index (κ3) is 5.32. The van der Waals surface area contributed by atoms with Gasteiger partial charge in [-0.25, -0.2) is 0 Å². The average molecular weight is 308 g/mol. The van der Waals surface area contributed by atoms with E-state index in [1.54, 1.807) is 0 Å². The Labute approximate surface area is 134 Å². The molecule has 0 radical (unpaired) electrons. The predicted molar refractivity (Wildman–Crippen MR) is 92.1 cm³/mol. The highest BCUT2D eigenvalue weighted by Gasteiger charge is 2.18. The van der Waals surface area contributed by atoms with Crippen molar-refractivity contribution in [2.75, 3.05) is 19.4 Å². The summed E-state index contributed by atoms with van der Waals surface area (Å²) < 4.78 is 5.74. The monoisotopic (exact) mass is 307 g/mol. The third-order valence-corrected chi connectivity index (χ3v) is 5.01. The maximum atomic E-state index is 5.74. The van der Waals surface area contributed by atoms with Crippen LogP contribution < -0.4 is 5.32 Å². The van der Waals surface area contributed by atoms with Crippen molar-refractivity contribution < 1.29 is 4.74 Å². The molecular formula is C18H29NOS. The molecule has 0 saturated carbocycles. The zero-order valence-electron chi connectivity index (χ0n) is 13.4. The lowest BCUT2D eigenvalue weighted by molar-refractivity contribution is 0.101. The summed E-state index contributed by atoms with van der Waals surface area (Å²) in [6, 6.07) is 9.30. The van der Waals surface area contributed by atoms with E-state index in [1.165, 1.54) is 49.0 Å². The van der Waals surface area contributed by atoms with Gasteiger partial charge in [-0.2, -0.15) is 0 Å². The average Bonchev–Trinajstić information content (AvgIpc) is 3.04. The second-order valence-corrected chi connectivity index (χ2v) is 6.66. The third-order valence-electron chi connectivity index (χ3n) is 4.20. The summed E-state index contributed by atoms with van der Waals surface area (Å²) in [6.07, 6.45) is 10.0. The van der Waals surface area contributed by atoms with Crippen LogP contribution in [-0.4, -0.2) is 25.5 Å². The lowest BCUT2D eigenvalue weighted by Gasteiger charge is -2.22. The smallest absolute Gasteiger partial charge is 0.0576 e. The van der Waals surface area contributed by atoms with Crippen molar-refractivity contribution >= 4 is 11.8 Å². The van der Waals surface area contributed by atoms with E-state index in [-0.39, 0.29) is 0 Å². The molecule has 0 spiro atoms. The number of rotatable bonds is 9. The maximum Gasteiger partial charge on any atom is 0.0576 e. The molecule has 1 heterocycles. The fourth-order valence-electron chi connectivity index (χ4n) is 3.06. The minimum absolute atomic E-state index is 0.481. The molecule has 1 saturated heterocycles. The molecule has 1 aromatic rings. The second-order valence-electron chi connectivity index (χ2n) is 5.81. The van der Waals surface area contributed by atoms with Crippen LogP contribution in [0.3, 0.4) is 0 Å². The van der Waals surface area contributed by atoms with E-state index in [2.05, 4.69) is 42.8 Å². The molecule has 1 aliphatic rings. The summed E-state index contributed by atoms with van der Waals surface area (Å²) in [5.74, 6) is 0. The van der Waals surface area contributed by atoms with E-state index in [9.17, 15) is 0 Å². The first-order valence-electron chi connectivity index (χ1n) is 8.33. The summed E-state index contributed by atoms with van der Waals surface area (Å²) in [5, 5.41) is 3.73. The Morgan fingerprint density at radius 1 is 1.38 bits per heavy atom. The normalized spacial score (nSPS) is 19.8. The highest BCUT2D eigenvalue weighted by molar-refractivity contribution is 7.98. The molecule has 3 heteroatoms. The molecule has 0 bridgehead atoms. The minimum Gasteiger partial charge on any atom is -0.378 e. The Hall–Kier alpha value is -0.510. The summed E-state index contributed by atoms with van der Waals surface area (Å²) in [4.78, 5) is 1.41. The number of nitrogens with one attached hydrogen (secondary N) is 1. The number of thioether (sulfide) groups is 1. The maximum absolute atomic E-state index is 5.74. The Morgan fingerprint density at radius 3 is 2.95 bits per heavy atom. The quantitative estimate of drug-likeness (QED) is 0.662. The number of hydrogen-bond donors (Lipinski definition) is 1. The molecule has 2 rings (SSSR count). The zero-order valence-corrected chi connectivity index (χ0v) is 14.3. The largest absolute Gasteiger partial charge is 0.378 e. The number of benzene rings is 1. The summed E-state index contributed by atoms with van der Waals surface area (Å²) in [7, 11) is 0. The Morgan fingerprint density at radius 2 is 2.24 bits per heavy atom. The summed E-state index contributed by atoms with van der Waals surface area (Å²) >= 11 is 1.85. The van der Waals surface area contributed by atoms with Crippen LogP contribution in [0.15, 0.2) is 29.2 Å². The van der Waals surface area contributed by atoms with Crippen molar-refractivity contribution in [2.45, 2.75) is 62.5 Å². The Balaban J connectivity index is 1.92. The molecule has 2 unspecified atom stereocenters. The van der Waals surface area contributed by atoms with Gasteiger partial charge in [0, 0.05) is 17.5 Å². The molecule has 1 aliphatic heterocycles. The van der Waals surface area contributed by atoms with Crippen LogP contribution in [0.1, 0.15) is 57.1 Å². The van der Waals surface area contributed by atoms with Gasteiger partial charge in [0.1, 0.15) is 0 Å². The minimum atomic E-state index is 0.481. The van der Waals surface area contributed by atoms with E-state index < -0.39 is 0 Å². The lowest BCUT2D eigenvalue weighted by Crippen LogP contribution is -2.23. The number of ether oxygens (including phenoxy) is 1. The molecule has 0 aromatic heterocycles. The van der Waals surface area contributed by atoms with Gasteiger partial charge in [-0.15, -0.1) is 11.8 Å². The Bertz CT molecular complexity index is 404. The summed E-state index contributed by atoms with van der Waals surface area (Å²) in [6.45, 7) is 4.29. The Kier molecular flexibility index (Phi) is 7.62. The molecule has 1 aromatic carbocycles. The van der Waals surface area contributed by atoms with Crippen molar-refractivity contribution in [3.05, 3.63) is 29.8 Å². The van der Waals surface area contributed by atoms with Gasteiger partial charge in [-0.3, -0.25) is 0 Å². The van der Waals surface area contributed by atoms with E-state index in [4.69, 9.17) is 4.74 Å². The lowest BCUT2D eigenvalue weighted by atomic mass is 9.99. The van der Waals surface area contributed by atoms with Crippen LogP contribution in [0.2, 0.25) is 0 Å². The first kappa shape index (κ1) is 16.9. The molecule has 2 nitrogen and oxygen atoms in total. The van der Waals surface area contributed by atoms with Crippen LogP contribution in [0, 0.1) is 0 Å². The van der Waals surface area contributed by atoms with Gasteiger partial charge >= 0.3 is 0 Å². The fourth-order valence-corrected chi connectivity index (χ4v) is 3.72. The van der Waals surface area contributed by atoms with E-state index in [0.717, 1.165) is 13.2 Å². The SMILES string of the molecule is CCCNC(CCCC1CCCO1)c1ccccc1SC.